The fourth-order valence-electron chi connectivity index (χ4n) is 2.95. The van der Waals surface area contributed by atoms with E-state index in [1.807, 2.05) is 7.05 Å². The van der Waals surface area contributed by atoms with Gasteiger partial charge in [-0.05, 0) is 12.3 Å². The van der Waals surface area contributed by atoms with Gasteiger partial charge in [0, 0.05) is 32.6 Å². The van der Waals surface area contributed by atoms with Crippen LogP contribution >= 0.6 is 0 Å². The molecule has 3 N–H and O–H groups in total. The number of rotatable bonds is 8. The van der Waals surface area contributed by atoms with Gasteiger partial charge in [0.05, 0.1) is 0 Å². The van der Waals surface area contributed by atoms with Gasteiger partial charge in [0.25, 0.3) is 5.91 Å². The van der Waals surface area contributed by atoms with Crippen LogP contribution in [0, 0.1) is 5.92 Å². The van der Waals surface area contributed by atoms with Crippen LogP contribution in [0.15, 0.2) is 10.6 Å². The summed E-state index contributed by atoms with van der Waals surface area (Å²) in [7, 11) is 1.81. The fourth-order valence-corrected chi connectivity index (χ4v) is 2.95. The normalized spacial score (nSPS) is 15.3. The van der Waals surface area contributed by atoms with Crippen LogP contribution in [0.4, 0.5) is 5.82 Å². The summed E-state index contributed by atoms with van der Waals surface area (Å²) in [5, 5.41) is 6.69. The number of likely N-dealkylation sites (N-methyl/N-ethyl adjacent to an activating group) is 1. The van der Waals surface area contributed by atoms with E-state index in [2.05, 4.69) is 10.5 Å². The number of carbonyl (C=O) groups is 2. The zero-order chi connectivity index (χ0) is 16.7. The fraction of sp³-hybridized carbons (Fsp3) is 0.688. The van der Waals surface area contributed by atoms with Crippen molar-refractivity contribution in [3.8, 4) is 0 Å². The first kappa shape index (κ1) is 17.3. The van der Waals surface area contributed by atoms with E-state index in [1.165, 1.54) is 38.2 Å². The van der Waals surface area contributed by atoms with E-state index in [1.54, 1.807) is 4.90 Å². The largest absolute Gasteiger partial charge is 0.365 e. The van der Waals surface area contributed by atoms with Gasteiger partial charge in [-0.15, -0.1) is 0 Å². The minimum Gasteiger partial charge on any atom is -0.365 e. The van der Waals surface area contributed by atoms with Crippen molar-refractivity contribution in [1.29, 1.82) is 0 Å². The first-order valence-electron chi connectivity index (χ1n) is 8.30. The second-order valence-corrected chi connectivity index (χ2v) is 6.23. The lowest BCUT2D eigenvalue weighted by molar-refractivity contribution is -0.130. The minimum atomic E-state index is -0.652. The lowest BCUT2D eigenvalue weighted by Crippen LogP contribution is -2.31. The Morgan fingerprint density at radius 1 is 1.39 bits per heavy atom. The summed E-state index contributed by atoms with van der Waals surface area (Å²) in [6.07, 6.45) is 8.13. The number of hydrogen-bond acceptors (Lipinski definition) is 5. The standard InChI is InChI=1S/C16H26N4O3/c1-20(15(21)8-7-12-5-3-2-4-6-12)10-9-18-14-11-13(16(17)22)23-19-14/h11-12H,2-10H2,1H3,(H2,17,22)(H,18,19). The molecule has 1 aromatic heterocycles. The molecular weight excluding hydrogens is 296 g/mol. The number of amides is 2. The summed E-state index contributed by atoms with van der Waals surface area (Å²) >= 11 is 0. The van der Waals surface area contributed by atoms with Crippen LogP contribution in [0.25, 0.3) is 0 Å². The first-order valence-corrected chi connectivity index (χ1v) is 8.30. The van der Waals surface area contributed by atoms with E-state index in [0.29, 0.717) is 25.3 Å². The zero-order valence-corrected chi connectivity index (χ0v) is 13.7. The highest BCUT2D eigenvalue weighted by atomic mass is 16.5. The van der Waals surface area contributed by atoms with Crippen LogP contribution in [0.3, 0.4) is 0 Å². The molecule has 1 heterocycles. The van der Waals surface area contributed by atoms with Crippen molar-refractivity contribution in [2.75, 3.05) is 25.5 Å². The minimum absolute atomic E-state index is 0.0180. The van der Waals surface area contributed by atoms with Gasteiger partial charge in [-0.2, -0.15) is 0 Å². The molecule has 0 unspecified atom stereocenters. The van der Waals surface area contributed by atoms with Gasteiger partial charge in [-0.3, -0.25) is 9.59 Å². The Balaban J connectivity index is 1.63. The number of aromatic nitrogens is 1. The van der Waals surface area contributed by atoms with Crippen LogP contribution in [-0.2, 0) is 4.79 Å². The van der Waals surface area contributed by atoms with Crippen molar-refractivity contribution in [2.24, 2.45) is 11.7 Å². The third-order valence-electron chi connectivity index (χ3n) is 4.42. The maximum Gasteiger partial charge on any atom is 0.287 e. The molecule has 7 nitrogen and oxygen atoms in total. The number of nitrogens with two attached hydrogens (primary N) is 1. The van der Waals surface area contributed by atoms with Crippen LogP contribution in [0.2, 0.25) is 0 Å². The molecule has 23 heavy (non-hydrogen) atoms. The van der Waals surface area contributed by atoms with Gasteiger partial charge < -0.3 is 20.5 Å². The predicted molar refractivity (Wildman–Crippen MR) is 87.0 cm³/mol. The molecule has 2 amide bonds. The Labute approximate surface area is 136 Å². The summed E-state index contributed by atoms with van der Waals surface area (Å²) in [6, 6.07) is 1.45. The number of carbonyl (C=O) groups excluding carboxylic acids is 2. The highest BCUT2D eigenvalue weighted by molar-refractivity contribution is 5.90. The molecule has 128 valence electrons. The van der Waals surface area contributed by atoms with E-state index in [4.69, 9.17) is 10.3 Å². The predicted octanol–water partition coefficient (Wildman–Crippen LogP) is 2.00. The molecule has 0 bridgehead atoms. The van der Waals surface area contributed by atoms with Crippen molar-refractivity contribution < 1.29 is 14.1 Å². The second-order valence-electron chi connectivity index (χ2n) is 6.23. The van der Waals surface area contributed by atoms with E-state index in [9.17, 15) is 9.59 Å². The molecule has 1 saturated carbocycles. The number of nitrogens with zero attached hydrogens (tertiary/aromatic N) is 2. The quantitative estimate of drug-likeness (QED) is 0.762. The van der Waals surface area contributed by atoms with Gasteiger partial charge in [-0.25, -0.2) is 0 Å². The third-order valence-corrected chi connectivity index (χ3v) is 4.42. The maximum atomic E-state index is 12.1. The number of primary amides is 1. The van der Waals surface area contributed by atoms with E-state index in [-0.39, 0.29) is 11.7 Å². The Morgan fingerprint density at radius 3 is 2.78 bits per heavy atom. The maximum absolute atomic E-state index is 12.1. The lowest BCUT2D eigenvalue weighted by Gasteiger charge is -2.23. The van der Waals surface area contributed by atoms with Crippen molar-refractivity contribution in [1.82, 2.24) is 10.1 Å². The monoisotopic (exact) mass is 322 g/mol. The molecule has 0 aromatic carbocycles. The highest BCUT2D eigenvalue weighted by Gasteiger charge is 2.16. The number of hydrogen-bond donors (Lipinski definition) is 2. The molecular formula is C16H26N4O3. The van der Waals surface area contributed by atoms with Gasteiger partial charge in [0.15, 0.2) is 5.82 Å². The van der Waals surface area contributed by atoms with Crippen LogP contribution < -0.4 is 11.1 Å². The van der Waals surface area contributed by atoms with Crippen molar-refractivity contribution >= 4 is 17.6 Å². The molecule has 0 atom stereocenters. The van der Waals surface area contributed by atoms with E-state index in [0.717, 1.165) is 12.3 Å². The summed E-state index contributed by atoms with van der Waals surface area (Å²) in [5.41, 5.74) is 5.09. The van der Waals surface area contributed by atoms with Crippen LogP contribution in [0.5, 0.6) is 0 Å². The molecule has 1 fully saturated rings. The van der Waals surface area contributed by atoms with Gasteiger partial charge in [-0.1, -0.05) is 37.3 Å². The summed E-state index contributed by atoms with van der Waals surface area (Å²) < 4.78 is 4.77. The lowest BCUT2D eigenvalue weighted by atomic mass is 9.86. The molecule has 1 aliphatic carbocycles. The molecule has 0 spiro atoms. The smallest absolute Gasteiger partial charge is 0.287 e. The van der Waals surface area contributed by atoms with E-state index >= 15 is 0 Å². The van der Waals surface area contributed by atoms with Gasteiger partial charge in [0.1, 0.15) is 0 Å². The summed E-state index contributed by atoms with van der Waals surface area (Å²) in [6.45, 7) is 1.11. The molecule has 0 radical (unpaired) electrons. The topological polar surface area (TPSA) is 101 Å². The van der Waals surface area contributed by atoms with E-state index < -0.39 is 5.91 Å². The average Bonchev–Trinajstić information content (AvgIpc) is 3.02. The molecule has 0 aliphatic heterocycles. The second kappa shape index (κ2) is 8.55. The SMILES string of the molecule is CN(CCNc1cc(C(N)=O)on1)C(=O)CCC1CCCCC1. The number of nitrogens with one attached hydrogen (secondary N) is 1. The summed E-state index contributed by atoms with van der Waals surface area (Å²) in [5.74, 6) is 0.712. The molecule has 0 saturated heterocycles. The zero-order valence-electron chi connectivity index (χ0n) is 13.7. The van der Waals surface area contributed by atoms with Crippen LogP contribution in [-0.4, -0.2) is 42.0 Å². The van der Waals surface area contributed by atoms with Gasteiger partial charge >= 0.3 is 0 Å². The highest BCUT2D eigenvalue weighted by Crippen LogP contribution is 2.27. The number of anilines is 1. The van der Waals surface area contributed by atoms with Crippen molar-refractivity contribution in [3.63, 3.8) is 0 Å². The first-order chi connectivity index (χ1) is 11.1. The Morgan fingerprint density at radius 2 is 2.13 bits per heavy atom. The molecule has 1 aliphatic rings. The Kier molecular flexibility index (Phi) is 6.43. The summed E-state index contributed by atoms with van der Waals surface area (Å²) in [4.78, 5) is 24.7. The average molecular weight is 322 g/mol. The van der Waals surface area contributed by atoms with Crippen LogP contribution in [0.1, 0.15) is 55.5 Å². The Bertz CT molecular complexity index is 523. The molecule has 1 aromatic rings. The van der Waals surface area contributed by atoms with Gasteiger partial charge in [0.2, 0.25) is 11.7 Å². The molecule has 2 rings (SSSR count). The third kappa shape index (κ3) is 5.58. The van der Waals surface area contributed by atoms with Crippen molar-refractivity contribution in [3.05, 3.63) is 11.8 Å². The van der Waals surface area contributed by atoms with Crippen molar-refractivity contribution in [2.45, 2.75) is 44.9 Å². The Hall–Kier alpha value is -2.05. The molecule has 7 heteroatoms.